The molecule has 2 N–H and O–H groups in total. The molecule has 2 bridgehead atoms. The van der Waals surface area contributed by atoms with Crippen LogP contribution in [0.3, 0.4) is 0 Å². The highest BCUT2D eigenvalue weighted by molar-refractivity contribution is 7.93. The summed E-state index contributed by atoms with van der Waals surface area (Å²) in [5, 5.41) is 2.20. The van der Waals surface area contributed by atoms with E-state index in [1.165, 1.54) is 6.07 Å². The van der Waals surface area contributed by atoms with E-state index in [1.54, 1.807) is 0 Å². The quantitative estimate of drug-likeness (QED) is 0.834. The molecule has 0 aromatic carbocycles. The minimum absolute atomic E-state index is 0.122. The van der Waals surface area contributed by atoms with E-state index in [9.17, 15) is 18.0 Å². The molecule has 3 aliphatic rings. The number of sulfone groups is 1. The molecule has 1 aliphatic carbocycles. The summed E-state index contributed by atoms with van der Waals surface area (Å²) in [5.41, 5.74) is -0.199. The molecule has 1 amide bonds. The first-order chi connectivity index (χ1) is 10.9. The summed E-state index contributed by atoms with van der Waals surface area (Å²) >= 11 is 0. The van der Waals surface area contributed by atoms with Crippen molar-refractivity contribution in [2.24, 2.45) is 0 Å². The Hall–Kier alpha value is -1.70. The van der Waals surface area contributed by atoms with Gasteiger partial charge in [0.2, 0.25) is 0 Å². The average molecular weight is 337 g/mol. The van der Waals surface area contributed by atoms with Gasteiger partial charge in [0.15, 0.2) is 9.84 Å². The molecule has 4 rings (SSSR count). The number of hydrogen-bond donors (Lipinski definition) is 2. The molecule has 0 spiro atoms. The minimum atomic E-state index is -3.00. The number of H-pyrrole nitrogens is 1. The predicted molar refractivity (Wildman–Crippen MR) is 83.1 cm³/mol. The Kier molecular flexibility index (Phi) is 3.33. The van der Waals surface area contributed by atoms with E-state index in [4.69, 9.17) is 0 Å². The van der Waals surface area contributed by atoms with Crippen LogP contribution in [0.4, 0.5) is 0 Å². The van der Waals surface area contributed by atoms with E-state index in [0.717, 1.165) is 12.8 Å². The van der Waals surface area contributed by atoms with Gasteiger partial charge in [-0.15, -0.1) is 0 Å². The van der Waals surface area contributed by atoms with Gasteiger partial charge >= 0.3 is 0 Å². The normalized spacial score (nSPS) is 31.7. The Balaban J connectivity index is 1.50. The molecular formula is C15H19N3O4S. The summed E-state index contributed by atoms with van der Waals surface area (Å²) < 4.78 is 24.2. The van der Waals surface area contributed by atoms with Crippen LogP contribution >= 0.6 is 0 Å². The van der Waals surface area contributed by atoms with E-state index < -0.39 is 9.84 Å². The van der Waals surface area contributed by atoms with Gasteiger partial charge in [0.1, 0.15) is 11.5 Å². The van der Waals surface area contributed by atoms with Crippen molar-refractivity contribution in [3.05, 3.63) is 27.9 Å². The van der Waals surface area contributed by atoms with Gasteiger partial charge in [0.25, 0.3) is 11.5 Å². The van der Waals surface area contributed by atoms with Crippen molar-refractivity contribution >= 4 is 15.7 Å². The summed E-state index contributed by atoms with van der Waals surface area (Å²) in [7, 11) is -3.00. The molecule has 1 aromatic rings. The van der Waals surface area contributed by atoms with Gasteiger partial charge in [0, 0.05) is 18.0 Å². The van der Waals surface area contributed by atoms with Crippen molar-refractivity contribution in [2.45, 2.75) is 61.0 Å². The zero-order chi connectivity index (χ0) is 16.2. The molecule has 3 fully saturated rings. The number of aromatic amines is 1. The fourth-order valence-corrected chi connectivity index (χ4v) is 6.20. The molecule has 3 heterocycles. The van der Waals surface area contributed by atoms with Crippen molar-refractivity contribution in [3.63, 3.8) is 0 Å². The summed E-state index contributed by atoms with van der Waals surface area (Å²) in [6, 6.07) is 1.05. The van der Waals surface area contributed by atoms with Crippen LogP contribution in [0.2, 0.25) is 0 Å². The van der Waals surface area contributed by atoms with Gasteiger partial charge in [-0.1, -0.05) is 0 Å². The number of rotatable bonds is 3. The second kappa shape index (κ2) is 5.15. The molecule has 124 valence electrons. The highest BCUT2D eigenvalue weighted by Crippen LogP contribution is 2.39. The van der Waals surface area contributed by atoms with Gasteiger partial charge < -0.3 is 10.3 Å². The topological polar surface area (TPSA) is 109 Å². The van der Waals surface area contributed by atoms with Gasteiger partial charge in [-0.2, -0.15) is 0 Å². The van der Waals surface area contributed by atoms with Crippen LogP contribution in [0, 0.1) is 0 Å². The SMILES string of the molecule is O=C(NC1CC2CCC(C1)S2(=O)=O)c1cc(=O)[nH]c(C2CC2)n1. The largest absolute Gasteiger partial charge is 0.348 e. The van der Waals surface area contributed by atoms with E-state index in [-0.39, 0.29) is 39.6 Å². The molecule has 7 nitrogen and oxygen atoms in total. The third-order valence-electron chi connectivity index (χ3n) is 5.13. The number of carbonyl (C=O) groups is 1. The second-order valence-electron chi connectivity index (χ2n) is 6.84. The van der Waals surface area contributed by atoms with Crippen molar-refractivity contribution in [3.8, 4) is 0 Å². The van der Waals surface area contributed by atoms with Crippen LogP contribution in [0.15, 0.2) is 10.9 Å². The zero-order valence-corrected chi connectivity index (χ0v) is 13.4. The maximum absolute atomic E-state index is 12.4. The summed E-state index contributed by atoms with van der Waals surface area (Å²) in [6.07, 6.45) is 4.27. The standard InChI is InChI=1S/C15H19N3O4S/c19-13-7-12(17-14(18-13)8-1-2-8)15(20)16-9-5-10-3-4-11(6-9)23(10,21)22/h7-11H,1-6H2,(H,16,20)(H,17,18,19). The van der Waals surface area contributed by atoms with Crippen molar-refractivity contribution in [1.82, 2.24) is 15.3 Å². The van der Waals surface area contributed by atoms with E-state index >= 15 is 0 Å². The summed E-state index contributed by atoms with van der Waals surface area (Å²) in [6.45, 7) is 0. The number of aromatic nitrogens is 2. The van der Waals surface area contributed by atoms with E-state index in [2.05, 4.69) is 15.3 Å². The first kappa shape index (κ1) is 14.9. The Morgan fingerprint density at radius 1 is 1.17 bits per heavy atom. The molecule has 23 heavy (non-hydrogen) atoms. The first-order valence-corrected chi connectivity index (χ1v) is 9.69. The van der Waals surface area contributed by atoms with Gasteiger partial charge in [0.05, 0.1) is 10.5 Å². The van der Waals surface area contributed by atoms with Crippen LogP contribution in [-0.4, -0.2) is 40.8 Å². The first-order valence-electron chi connectivity index (χ1n) is 8.08. The lowest BCUT2D eigenvalue weighted by Gasteiger charge is -2.28. The molecule has 8 heteroatoms. The van der Waals surface area contributed by atoms with Crippen molar-refractivity contribution in [1.29, 1.82) is 0 Å². The van der Waals surface area contributed by atoms with E-state index in [1.807, 2.05) is 0 Å². The zero-order valence-electron chi connectivity index (χ0n) is 12.6. The summed E-state index contributed by atoms with van der Waals surface area (Å²) in [5.74, 6) is 0.446. The van der Waals surface area contributed by atoms with Crippen LogP contribution in [0.1, 0.15) is 60.8 Å². The van der Waals surface area contributed by atoms with E-state index in [0.29, 0.717) is 31.5 Å². The van der Waals surface area contributed by atoms with Crippen molar-refractivity contribution < 1.29 is 13.2 Å². The molecule has 1 aromatic heterocycles. The molecule has 2 aliphatic heterocycles. The maximum Gasteiger partial charge on any atom is 0.270 e. The summed E-state index contributed by atoms with van der Waals surface area (Å²) in [4.78, 5) is 31.0. The fraction of sp³-hybridized carbons (Fsp3) is 0.667. The van der Waals surface area contributed by atoms with Gasteiger partial charge in [-0.05, 0) is 38.5 Å². The Labute approximate surface area is 133 Å². The maximum atomic E-state index is 12.4. The molecular weight excluding hydrogens is 318 g/mol. The monoisotopic (exact) mass is 337 g/mol. The Bertz CT molecular complexity index is 792. The molecule has 1 saturated carbocycles. The molecule has 2 unspecified atom stereocenters. The smallest absolute Gasteiger partial charge is 0.270 e. The lowest BCUT2D eigenvalue weighted by molar-refractivity contribution is 0.0926. The minimum Gasteiger partial charge on any atom is -0.348 e. The molecule has 0 radical (unpaired) electrons. The van der Waals surface area contributed by atoms with Crippen molar-refractivity contribution in [2.75, 3.05) is 0 Å². The van der Waals surface area contributed by atoms with Crippen LogP contribution in [0.5, 0.6) is 0 Å². The predicted octanol–water partition coefficient (Wildman–Crippen LogP) is 0.485. The fourth-order valence-electron chi connectivity index (χ4n) is 3.73. The molecule has 2 atom stereocenters. The number of hydrogen-bond acceptors (Lipinski definition) is 5. The Morgan fingerprint density at radius 2 is 1.83 bits per heavy atom. The van der Waals surface area contributed by atoms with Crippen LogP contribution in [-0.2, 0) is 9.84 Å². The number of fused-ring (bicyclic) bond motifs is 2. The average Bonchev–Trinajstić information content (AvgIpc) is 3.30. The third kappa shape index (κ3) is 2.69. The number of carbonyl (C=O) groups excluding carboxylic acids is 1. The number of nitrogens with one attached hydrogen (secondary N) is 2. The number of amides is 1. The van der Waals surface area contributed by atoms with Gasteiger partial charge in [-0.3, -0.25) is 9.59 Å². The lowest BCUT2D eigenvalue weighted by atomic mass is 10.1. The highest BCUT2D eigenvalue weighted by Gasteiger charge is 2.47. The van der Waals surface area contributed by atoms with Crippen LogP contribution in [0.25, 0.3) is 0 Å². The number of nitrogens with zero attached hydrogens (tertiary/aromatic N) is 1. The second-order valence-corrected chi connectivity index (χ2v) is 9.35. The molecule has 2 saturated heterocycles. The highest BCUT2D eigenvalue weighted by atomic mass is 32.2. The lowest BCUT2D eigenvalue weighted by Crippen LogP contribution is -2.45. The van der Waals surface area contributed by atoms with Gasteiger partial charge in [-0.25, -0.2) is 13.4 Å². The van der Waals surface area contributed by atoms with Crippen LogP contribution < -0.4 is 10.9 Å². The third-order valence-corrected chi connectivity index (χ3v) is 7.84. The Morgan fingerprint density at radius 3 is 2.43 bits per heavy atom.